The molecule has 1 aromatic heterocycles. The van der Waals surface area contributed by atoms with Crippen molar-refractivity contribution < 1.29 is 9.53 Å². The zero-order valence-electron chi connectivity index (χ0n) is 10.5. The van der Waals surface area contributed by atoms with Gasteiger partial charge in [-0.05, 0) is 26.0 Å². The minimum atomic E-state index is -0.399. The molecule has 1 amide bonds. The van der Waals surface area contributed by atoms with E-state index in [9.17, 15) is 4.79 Å². The van der Waals surface area contributed by atoms with E-state index < -0.39 is 5.91 Å². The lowest BCUT2D eigenvalue weighted by Gasteiger charge is -2.06. The minimum absolute atomic E-state index is 0.399. The number of primary amides is 1. The van der Waals surface area contributed by atoms with Crippen LogP contribution in [0.3, 0.4) is 0 Å². The summed E-state index contributed by atoms with van der Waals surface area (Å²) >= 11 is 0. The molecule has 0 aliphatic heterocycles. The fourth-order valence-corrected chi connectivity index (χ4v) is 2.33. The highest BCUT2D eigenvalue weighted by atomic mass is 16.5. The van der Waals surface area contributed by atoms with Crippen molar-refractivity contribution in [2.45, 2.75) is 13.8 Å². The number of aryl methyl sites for hydroxylation is 2. The number of rotatable bonds is 2. The predicted molar refractivity (Wildman–Crippen MR) is 67.5 cm³/mol. The summed E-state index contributed by atoms with van der Waals surface area (Å²) in [7, 11) is 3.55. The van der Waals surface area contributed by atoms with E-state index in [0.717, 1.165) is 27.9 Å². The number of amides is 1. The van der Waals surface area contributed by atoms with Crippen LogP contribution in [0, 0.1) is 13.8 Å². The third-order valence-corrected chi connectivity index (χ3v) is 3.34. The Kier molecular flexibility index (Phi) is 2.58. The van der Waals surface area contributed by atoms with Crippen molar-refractivity contribution in [3.8, 4) is 5.75 Å². The maximum absolute atomic E-state index is 11.6. The van der Waals surface area contributed by atoms with Gasteiger partial charge in [0.05, 0.1) is 12.7 Å². The smallest absolute Gasteiger partial charge is 0.251 e. The fraction of sp³-hybridized carbons (Fsp3) is 0.308. The largest absolute Gasteiger partial charge is 0.496 e. The van der Waals surface area contributed by atoms with Crippen LogP contribution in [0.25, 0.3) is 10.9 Å². The maximum atomic E-state index is 11.6. The zero-order valence-corrected chi connectivity index (χ0v) is 10.5. The molecular formula is C13H16N2O2. The second-order valence-electron chi connectivity index (χ2n) is 4.17. The van der Waals surface area contributed by atoms with Crippen molar-refractivity contribution in [1.29, 1.82) is 0 Å². The summed E-state index contributed by atoms with van der Waals surface area (Å²) in [6.45, 7) is 3.83. The van der Waals surface area contributed by atoms with Crippen LogP contribution in [-0.2, 0) is 7.05 Å². The molecule has 0 saturated heterocycles. The predicted octanol–water partition coefficient (Wildman–Crippen LogP) is 1.90. The summed E-state index contributed by atoms with van der Waals surface area (Å²) in [6, 6.07) is 3.85. The first-order valence-electron chi connectivity index (χ1n) is 5.41. The molecule has 0 atom stereocenters. The van der Waals surface area contributed by atoms with Crippen molar-refractivity contribution in [1.82, 2.24) is 4.57 Å². The highest BCUT2D eigenvalue weighted by Crippen LogP contribution is 2.32. The number of benzene rings is 1. The number of nitrogens with zero attached hydrogens (tertiary/aromatic N) is 1. The standard InChI is InChI=1S/C13H16N2O2/c1-7-10(17-4)6-5-9-11(7)12(13(14)16)8(2)15(9)3/h5-6H,1-4H3,(H2,14,16). The van der Waals surface area contributed by atoms with Gasteiger partial charge in [0.1, 0.15) is 5.75 Å². The Labute approximate surface area is 100.0 Å². The first kappa shape index (κ1) is 11.5. The number of aromatic nitrogens is 1. The van der Waals surface area contributed by atoms with Gasteiger partial charge in [-0.15, -0.1) is 0 Å². The molecular weight excluding hydrogens is 216 g/mol. The molecule has 0 fully saturated rings. The summed E-state index contributed by atoms with van der Waals surface area (Å²) in [4.78, 5) is 11.6. The lowest BCUT2D eigenvalue weighted by atomic mass is 10.0. The van der Waals surface area contributed by atoms with Crippen molar-refractivity contribution in [2.75, 3.05) is 7.11 Å². The van der Waals surface area contributed by atoms with E-state index in [0.29, 0.717) is 5.56 Å². The normalized spacial score (nSPS) is 10.8. The number of carbonyl (C=O) groups is 1. The Hall–Kier alpha value is -1.97. The van der Waals surface area contributed by atoms with Gasteiger partial charge in [-0.1, -0.05) is 0 Å². The molecule has 0 spiro atoms. The number of nitrogens with two attached hydrogens (primary N) is 1. The first-order chi connectivity index (χ1) is 7.99. The Morgan fingerprint density at radius 2 is 2.00 bits per heavy atom. The van der Waals surface area contributed by atoms with Gasteiger partial charge >= 0.3 is 0 Å². The summed E-state index contributed by atoms with van der Waals surface area (Å²) in [5.74, 6) is 0.370. The second kappa shape index (κ2) is 3.80. The van der Waals surface area contributed by atoms with E-state index in [1.54, 1.807) is 7.11 Å². The Bertz CT molecular complexity index is 612. The molecule has 0 unspecified atom stereocenters. The number of hydrogen-bond acceptors (Lipinski definition) is 2. The lowest BCUT2D eigenvalue weighted by Crippen LogP contribution is -2.12. The van der Waals surface area contributed by atoms with Gasteiger partial charge in [-0.2, -0.15) is 0 Å². The van der Waals surface area contributed by atoms with Crippen molar-refractivity contribution in [3.63, 3.8) is 0 Å². The Morgan fingerprint density at radius 1 is 1.35 bits per heavy atom. The topological polar surface area (TPSA) is 57.2 Å². The molecule has 0 bridgehead atoms. The van der Waals surface area contributed by atoms with Crippen LogP contribution >= 0.6 is 0 Å². The van der Waals surface area contributed by atoms with Gasteiger partial charge in [0.2, 0.25) is 0 Å². The molecule has 1 aromatic carbocycles. The molecule has 4 nitrogen and oxygen atoms in total. The van der Waals surface area contributed by atoms with Gasteiger partial charge in [0.25, 0.3) is 5.91 Å². The van der Waals surface area contributed by atoms with Crippen molar-refractivity contribution in [3.05, 3.63) is 29.0 Å². The zero-order chi connectivity index (χ0) is 12.7. The number of carbonyl (C=O) groups excluding carboxylic acids is 1. The maximum Gasteiger partial charge on any atom is 0.251 e. The third kappa shape index (κ3) is 1.48. The number of ether oxygens (including phenoxy) is 1. The third-order valence-electron chi connectivity index (χ3n) is 3.34. The minimum Gasteiger partial charge on any atom is -0.496 e. The number of hydrogen-bond donors (Lipinski definition) is 1. The molecule has 0 aliphatic rings. The van der Waals surface area contributed by atoms with Gasteiger partial charge < -0.3 is 15.0 Å². The molecule has 2 aromatic rings. The average molecular weight is 232 g/mol. The van der Waals surface area contributed by atoms with E-state index in [1.165, 1.54) is 0 Å². The quantitative estimate of drug-likeness (QED) is 0.859. The number of fused-ring (bicyclic) bond motifs is 1. The van der Waals surface area contributed by atoms with Gasteiger partial charge in [0, 0.05) is 29.2 Å². The number of methoxy groups -OCH3 is 1. The van der Waals surface area contributed by atoms with Crippen LogP contribution in [-0.4, -0.2) is 17.6 Å². The highest BCUT2D eigenvalue weighted by Gasteiger charge is 2.19. The average Bonchev–Trinajstić information content (AvgIpc) is 2.54. The van der Waals surface area contributed by atoms with Crippen molar-refractivity contribution >= 4 is 16.8 Å². The summed E-state index contributed by atoms with van der Waals surface area (Å²) in [5, 5.41) is 0.886. The lowest BCUT2D eigenvalue weighted by molar-refractivity contribution is 0.100. The van der Waals surface area contributed by atoms with Gasteiger partial charge in [0.15, 0.2) is 0 Å². The fourth-order valence-electron chi connectivity index (χ4n) is 2.33. The Morgan fingerprint density at radius 3 is 2.53 bits per heavy atom. The summed E-state index contributed by atoms with van der Waals surface area (Å²) in [6.07, 6.45) is 0. The van der Waals surface area contributed by atoms with Crippen LogP contribution in [0.1, 0.15) is 21.6 Å². The monoisotopic (exact) mass is 232 g/mol. The van der Waals surface area contributed by atoms with E-state index in [-0.39, 0.29) is 0 Å². The van der Waals surface area contributed by atoms with Crippen molar-refractivity contribution in [2.24, 2.45) is 12.8 Å². The van der Waals surface area contributed by atoms with Crippen LogP contribution < -0.4 is 10.5 Å². The van der Waals surface area contributed by atoms with E-state index >= 15 is 0 Å². The van der Waals surface area contributed by atoms with E-state index in [1.807, 2.05) is 37.6 Å². The second-order valence-corrected chi connectivity index (χ2v) is 4.17. The van der Waals surface area contributed by atoms with Crippen LogP contribution in [0.4, 0.5) is 0 Å². The molecule has 4 heteroatoms. The van der Waals surface area contributed by atoms with Crippen LogP contribution in [0.2, 0.25) is 0 Å². The Balaban J connectivity index is 2.98. The first-order valence-corrected chi connectivity index (χ1v) is 5.41. The molecule has 2 rings (SSSR count). The molecule has 17 heavy (non-hydrogen) atoms. The van der Waals surface area contributed by atoms with E-state index in [2.05, 4.69) is 0 Å². The van der Waals surface area contributed by atoms with Crippen LogP contribution in [0.15, 0.2) is 12.1 Å². The molecule has 0 radical (unpaired) electrons. The van der Waals surface area contributed by atoms with Gasteiger partial charge in [-0.25, -0.2) is 0 Å². The van der Waals surface area contributed by atoms with Crippen LogP contribution in [0.5, 0.6) is 5.75 Å². The molecule has 0 aliphatic carbocycles. The summed E-state index contributed by atoms with van der Waals surface area (Å²) < 4.78 is 7.25. The highest BCUT2D eigenvalue weighted by molar-refractivity contribution is 6.09. The van der Waals surface area contributed by atoms with E-state index in [4.69, 9.17) is 10.5 Å². The molecule has 1 heterocycles. The molecule has 0 saturated carbocycles. The molecule has 90 valence electrons. The summed E-state index contributed by atoms with van der Waals surface area (Å²) in [5.41, 5.74) is 8.86. The van der Waals surface area contributed by atoms with Gasteiger partial charge in [-0.3, -0.25) is 4.79 Å². The molecule has 2 N–H and O–H groups in total. The SMILES string of the molecule is COc1ccc2c(c1C)c(C(N)=O)c(C)n2C.